The number of ether oxygens (including phenoxy) is 1. The first kappa shape index (κ1) is 18.3. The van der Waals surface area contributed by atoms with Crippen molar-refractivity contribution in [3.63, 3.8) is 0 Å². The third-order valence-electron chi connectivity index (χ3n) is 3.65. The van der Waals surface area contributed by atoms with E-state index < -0.39 is 17.5 Å². The summed E-state index contributed by atoms with van der Waals surface area (Å²) in [6.45, 7) is 0.439. The van der Waals surface area contributed by atoms with Gasteiger partial charge in [0, 0.05) is 30.2 Å². The molecule has 0 aliphatic carbocycles. The molecule has 0 aliphatic heterocycles. The van der Waals surface area contributed by atoms with E-state index in [9.17, 15) is 13.6 Å². The second kappa shape index (κ2) is 8.71. The van der Waals surface area contributed by atoms with Gasteiger partial charge in [-0.2, -0.15) is 0 Å². The molecule has 1 amide bonds. The van der Waals surface area contributed by atoms with Crippen molar-refractivity contribution in [2.24, 2.45) is 0 Å². The highest BCUT2D eigenvalue weighted by molar-refractivity contribution is 6.01. The minimum absolute atomic E-state index is 0.184. The van der Waals surface area contributed by atoms with E-state index in [1.165, 1.54) is 12.1 Å². The van der Waals surface area contributed by atoms with Gasteiger partial charge in [0.05, 0.1) is 0 Å². The number of rotatable bonds is 6. The van der Waals surface area contributed by atoms with Gasteiger partial charge in [0.15, 0.2) is 11.6 Å². The van der Waals surface area contributed by atoms with E-state index in [2.05, 4.69) is 10.3 Å². The van der Waals surface area contributed by atoms with Crippen LogP contribution in [0.3, 0.4) is 0 Å². The Hall–Kier alpha value is -3.54. The predicted octanol–water partition coefficient (Wildman–Crippen LogP) is 4.59. The van der Waals surface area contributed by atoms with Crippen LogP contribution in [-0.4, -0.2) is 10.9 Å². The molecule has 0 unspecified atom stereocenters. The number of hydrogen-bond donors (Lipinski definition) is 1. The van der Waals surface area contributed by atoms with Gasteiger partial charge in [0.2, 0.25) is 5.91 Å². The summed E-state index contributed by atoms with van der Waals surface area (Å²) in [4.78, 5) is 15.8. The molecule has 1 aromatic heterocycles. The summed E-state index contributed by atoms with van der Waals surface area (Å²) >= 11 is 0. The fraction of sp³-hybridized carbons (Fsp3) is 0.0476. The van der Waals surface area contributed by atoms with Crippen molar-refractivity contribution in [1.29, 1.82) is 0 Å². The fourth-order valence-electron chi connectivity index (χ4n) is 2.25. The molecule has 0 aliphatic rings. The van der Waals surface area contributed by atoms with Gasteiger partial charge in [-0.15, -0.1) is 0 Å². The van der Waals surface area contributed by atoms with Crippen molar-refractivity contribution in [2.75, 3.05) is 5.32 Å². The molecule has 136 valence electrons. The van der Waals surface area contributed by atoms with Crippen LogP contribution in [0.1, 0.15) is 11.1 Å². The standard InChI is InChI=1S/C21H16F2N2O2/c22-19-7-4-17(13-20(19)23)25-21(26)8-3-15-1-5-18(6-2-15)27-14-16-9-11-24-12-10-16/h1-13H,14H2,(H,25,26)/b8-3+. The molecule has 0 atom stereocenters. The Morgan fingerprint density at radius 3 is 2.44 bits per heavy atom. The lowest BCUT2D eigenvalue weighted by Crippen LogP contribution is -2.08. The molecule has 1 N–H and O–H groups in total. The molecule has 0 bridgehead atoms. The molecule has 0 saturated heterocycles. The summed E-state index contributed by atoms with van der Waals surface area (Å²) in [7, 11) is 0. The Balaban J connectivity index is 1.53. The summed E-state index contributed by atoms with van der Waals surface area (Å²) in [5.41, 5.74) is 2.00. The van der Waals surface area contributed by atoms with Crippen LogP contribution in [0.2, 0.25) is 0 Å². The van der Waals surface area contributed by atoms with Gasteiger partial charge < -0.3 is 10.1 Å². The number of pyridine rings is 1. The van der Waals surface area contributed by atoms with Gasteiger partial charge in [-0.25, -0.2) is 8.78 Å². The predicted molar refractivity (Wildman–Crippen MR) is 99.0 cm³/mol. The number of anilines is 1. The molecule has 27 heavy (non-hydrogen) atoms. The summed E-state index contributed by atoms with van der Waals surface area (Å²) in [5.74, 6) is -1.72. The molecule has 3 rings (SSSR count). The zero-order valence-electron chi connectivity index (χ0n) is 14.2. The second-order valence-electron chi connectivity index (χ2n) is 5.66. The van der Waals surface area contributed by atoms with Gasteiger partial charge in [0.1, 0.15) is 12.4 Å². The van der Waals surface area contributed by atoms with E-state index >= 15 is 0 Å². The molecular weight excluding hydrogens is 350 g/mol. The van der Waals surface area contributed by atoms with Gasteiger partial charge in [-0.05, 0) is 53.6 Å². The van der Waals surface area contributed by atoms with E-state index in [0.717, 1.165) is 23.3 Å². The van der Waals surface area contributed by atoms with Crippen molar-refractivity contribution >= 4 is 17.7 Å². The van der Waals surface area contributed by atoms with E-state index in [4.69, 9.17) is 4.74 Å². The summed E-state index contributed by atoms with van der Waals surface area (Å²) in [6.07, 6.45) is 6.34. The highest BCUT2D eigenvalue weighted by atomic mass is 19.2. The van der Waals surface area contributed by atoms with Crippen LogP contribution in [0.4, 0.5) is 14.5 Å². The molecule has 2 aromatic carbocycles. The topological polar surface area (TPSA) is 51.2 Å². The SMILES string of the molecule is O=C(/C=C/c1ccc(OCc2ccncc2)cc1)Nc1ccc(F)c(F)c1. The third-order valence-corrected chi connectivity index (χ3v) is 3.65. The molecule has 0 saturated carbocycles. The number of nitrogens with zero attached hydrogens (tertiary/aromatic N) is 1. The average Bonchev–Trinajstić information content (AvgIpc) is 2.69. The van der Waals surface area contributed by atoms with Crippen molar-refractivity contribution in [3.8, 4) is 5.75 Å². The van der Waals surface area contributed by atoms with Crippen molar-refractivity contribution in [2.45, 2.75) is 6.61 Å². The maximum absolute atomic E-state index is 13.1. The maximum atomic E-state index is 13.1. The Labute approximate surface area is 155 Å². The van der Waals surface area contributed by atoms with Crippen molar-refractivity contribution < 1.29 is 18.3 Å². The second-order valence-corrected chi connectivity index (χ2v) is 5.66. The van der Waals surface area contributed by atoms with Gasteiger partial charge in [0.25, 0.3) is 0 Å². The number of amides is 1. The monoisotopic (exact) mass is 366 g/mol. The highest BCUT2D eigenvalue weighted by Crippen LogP contribution is 2.16. The first-order valence-corrected chi connectivity index (χ1v) is 8.16. The molecule has 3 aromatic rings. The Morgan fingerprint density at radius 1 is 1.00 bits per heavy atom. The van der Waals surface area contributed by atoms with E-state index in [1.807, 2.05) is 24.3 Å². The molecule has 0 radical (unpaired) electrons. The zero-order chi connectivity index (χ0) is 19.1. The molecule has 1 heterocycles. The lowest BCUT2D eigenvalue weighted by molar-refractivity contribution is -0.111. The van der Waals surface area contributed by atoms with Crippen LogP contribution in [0.25, 0.3) is 6.08 Å². The highest BCUT2D eigenvalue weighted by Gasteiger charge is 2.04. The summed E-state index contributed by atoms with van der Waals surface area (Å²) in [5, 5.41) is 2.47. The molecule has 0 fully saturated rings. The Bertz CT molecular complexity index is 942. The number of nitrogens with one attached hydrogen (secondary N) is 1. The first-order chi connectivity index (χ1) is 13.1. The quantitative estimate of drug-likeness (QED) is 0.649. The third kappa shape index (κ3) is 5.47. The minimum Gasteiger partial charge on any atom is -0.489 e. The lowest BCUT2D eigenvalue weighted by atomic mass is 10.2. The van der Waals surface area contributed by atoms with E-state index in [-0.39, 0.29) is 5.69 Å². The number of carbonyl (C=O) groups excluding carboxylic acids is 1. The van der Waals surface area contributed by atoms with Gasteiger partial charge >= 0.3 is 0 Å². The van der Waals surface area contributed by atoms with Crippen molar-refractivity contribution in [1.82, 2.24) is 4.98 Å². The van der Waals surface area contributed by atoms with Crippen LogP contribution < -0.4 is 10.1 Å². The average molecular weight is 366 g/mol. The van der Waals surface area contributed by atoms with Crippen molar-refractivity contribution in [3.05, 3.63) is 95.8 Å². The van der Waals surface area contributed by atoms with Crippen LogP contribution in [0.5, 0.6) is 5.75 Å². The molecule has 0 spiro atoms. The van der Waals surface area contributed by atoms with Gasteiger partial charge in [-0.1, -0.05) is 12.1 Å². The number of aromatic nitrogens is 1. The van der Waals surface area contributed by atoms with Crippen LogP contribution in [0, 0.1) is 11.6 Å². The number of carbonyl (C=O) groups is 1. The van der Waals surface area contributed by atoms with E-state index in [0.29, 0.717) is 12.4 Å². The minimum atomic E-state index is -1.01. The van der Waals surface area contributed by atoms with E-state index in [1.54, 1.807) is 30.6 Å². The molecule has 4 nitrogen and oxygen atoms in total. The normalized spacial score (nSPS) is 10.7. The smallest absolute Gasteiger partial charge is 0.248 e. The number of halogens is 2. The largest absolute Gasteiger partial charge is 0.489 e. The van der Waals surface area contributed by atoms with Crippen LogP contribution in [-0.2, 0) is 11.4 Å². The number of hydrogen-bond acceptors (Lipinski definition) is 3. The summed E-state index contributed by atoms with van der Waals surface area (Å²) < 4.78 is 31.7. The zero-order valence-corrected chi connectivity index (χ0v) is 14.2. The summed E-state index contributed by atoms with van der Waals surface area (Å²) in [6, 6.07) is 14.1. The molecular formula is C21H16F2N2O2. The van der Waals surface area contributed by atoms with Crippen LogP contribution >= 0.6 is 0 Å². The van der Waals surface area contributed by atoms with Crippen LogP contribution in [0.15, 0.2) is 73.1 Å². The Kier molecular flexibility index (Phi) is 5.89. The fourth-order valence-corrected chi connectivity index (χ4v) is 2.25. The Morgan fingerprint density at radius 2 is 1.74 bits per heavy atom. The van der Waals surface area contributed by atoms with Gasteiger partial charge in [-0.3, -0.25) is 9.78 Å². The first-order valence-electron chi connectivity index (χ1n) is 8.16. The number of benzene rings is 2. The maximum Gasteiger partial charge on any atom is 0.248 e. The lowest BCUT2D eigenvalue weighted by Gasteiger charge is -2.06. The molecule has 6 heteroatoms.